The van der Waals surface area contributed by atoms with E-state index in [0.29, 0.717) is 4.72 Å². The van der Waals surface area contributed by atoms with Crippen LogP contribution in [0.4, 0.5) is 39.5 Å². The van der Waals surface area contributed by atoms with Gasteiger partial charge in [0.2, 0.25) is 0 Å². The van der Waals surface area contributed by atoms with E-state index >= 15 is 0 Å². The van der Waals surface area contributed by atoms with E-state index in [1.165, 1.54) is 0 Å². The van der Waals surface area contributed by atoms with Gasteiger partial charge >= 0.3 is 23.3 Å². The van der Waals surface area contributed by atoms with Gasteiger partial charge in [-0.15, -0.1) is 0 Å². The van der Waals surface area contributed by atoms with Gasteiger partial charge in [-0.25, -0.2) is 13.1 Å². The molecular formula is C7H7F9NO2S. The van der Waals surface area contributed by atoms with Crippen molar-refractivity contribution in [1.29, 1.82) is 0 Å². The Balaban J connectivity index is 5.82. The first kappa shape index (κ1) is 19.3. The van der Waals surface area contributed by atoms with E-state index in [1.54, 1.807) is 0 Å². The Morgan fingerprint density at radius 2 is 1.30 bits per heavy atom. The van der Waals surface area contributed by atoms with Crippen molar-refractivity contribution in [2.45, 2.75) is 36.6 Å². The van der Waals surface area contributed by atoms with E-state index in [0.717, 1.165) is 6.92 Å². The standard InChI is InChI=1S/C7H7F9NO2S/c1-2-3-17-20(18,19)7(15,16)5(10,11)4(8,9)6(12,13)14/h3,17H,2H2,1H3. The van der Waals surface area contributed by atoms with Gasteiger partial charge in [0.05, 0.1) is 0 Å². The molecule has 0 fully saturated rings. The van der Waals surface area contributed by atoms with Gasteiger partial charge in [0.15, 0.2) is 0 Å². The summed E-state index contributed by atoms with van der Waals surface area (Å²) >= 11 is 0. The zero-order valence-corrected chi connectivity index (χ0v) is 10.2. The minimum absolute atomic E-state index is 0.269. The molecule has 0 aliphatic carbocycles. The molecule has 0 unspecified atom stereocenters. The summed E-state index contributed by atoms with van der Waals surface area (Å²) in [6.07, 6.45) is -7.37. The summed E-state index contributed by atoms with van der Waals surface area (Å²) in [4.78, 5) is 0. The molecule has 0 aliphatic rings. The molecule has 0 saturated carbocycles. The zero-order chi connectivity index (χ0) is 16.6. The third-order valence-corrected chi connectivity index (χ3v) is 3.30. The van der Waals surface area contributed by atoms with Gasteiger partial charge in [0.1, 0.15) is 0 Å². The molecule has 121 valence electrons. The SMILES string of the molecule is CC[CH]NS(=O)(=O)C(F)(F)C(F)(F)C(F)(F)C(F)(F)F. The van der Waals surface area contributed by atoms with Crippen LogP contribution in [0, 0.1) is 6.54 Å². The molecule has 0 atom stereocenters. The predicted molar refractivity (Wildman–Crippen MR) is 47.5 cm³/mol. The molecule has 20 heavy (non-hydrogen) atoms. The summed E-state index contributed by atoms with van der Waals surface area (Å²) in [5.41, 5.74) is 0. The van der Waals surface area contributed by atoms with Crippen LogP contribution in [0.3, 0.4) is 0 Å². The van der Waals surface area contributed by atoms with Crippen molar-refractivity contribution in [3.63, 3.8) is 0 Å². The van der Waals surface area contributed by atoms with Gasteiger partial charge in [0.25, 0.3) is 10.0 Å². The van der Waals surface area contributed by atoms with Gasteiger partial charge in [-0.2, -0.15) is 39.5 Å². The van der Waals surface area contributed by atoms with Crippen molar-refractivity contribution in [2.24, 2.45) is 0 Å². The van der Waals surface area contributed by atoms with Gasteiger partial charge in [0, 0.05) is 6.54 Å². The summed E-state index contributed by atoms with van der Waals surface area (Å²) < 4.78 is 133. The Kier molecular flexibility index (Phi) is 5.05. The first-order valence-corrected chi connectivity index (χ1v) is 6.08. The normalized spacial score (nSPS) is 15.5. The highest BCUT2D eigenvalue weighted by atomic mass is 32.2. The minimum atomic E-state index is -7.25. The first-order valence-electron chi connectivity index (χ1n) is 4.60. The van der Waals surface area contributed by atoms with Crippen LogP contribution < -0.4 is 4.72 Å². The van der Waals surface area contributed by atoms with Crippen molar-refractivity contribution in [1.82, 2.24) is 4.72 Å². The van der Waals surface area contributed by atoms with Crippen LogP contribution in [0.25, 0.3) is 0 Å². The maximum Gasteiger partial charge on any atom is 0.460 e. The van der Waals surface area contributed by atoms with Gasteiger partial charge in [-0.1, -0.05) is 6.92 Å². The molecule has 0 heterocycles. The molecule has 0 aliphatic heterocycles. The summed E-state index contributed by atoms with van der Waals surface area (Å²) in [6, 6.07) is 0. The molecular weight excluding hydrogens is 333 g/mol. The van der Waals surface area contributed by atoms with Crippen LogP contribution in [0.15, 0.2) is 0 Å². The van der Waals surface area contributed by atoms with Crippen molar-refractivity contribution in [2.75, 3.05) is 0 Å². The van der Waals surface area contributed by atoms with E-state index in [1.807, 2.05) is 0 Å². The van der Waals surface area contributed by atoms with E-state index in [4.69, 9.17) is 0 Å². The fraction of sp³-hybridized carbons (Fsp3) is 0.857. The van der Waals surface area contributed by atoms with Gasteiger partial charge in [-0.05, 0) is 6.42 Å². The lowest BCUT2D eigenvalue weighted by molar-refractivity contribution is -0.382. The molecule has 1 radical (unpaired) electrons. The molecule has 0 bridgehead atoms. The van der Waals surface area contributed by atoms with Crippen LogP contribution in [0.2, 0.25) is 0 Å². The number of halogens is 9. The third-order valence-electron chi connectivity index (χ3n) is 1.90. The minimum Gasteiger partial charge on any atom is -0.206 e. The van der Waals surface area contributed by atoms with Crippen molar-refractivity contribution in [3.05, 3.63) is 6.54 Å². The number of hydrogen-bond donors (Lipinski definition) is 1. The van der Waals surface area contributed by atoms with Crippen LogP contribution in [0.5, 0.6) is 0 Å². The van der Waals surface area contributed by atoms with Crippen molar-refractivity contribution >= 4 is 10.0 Å². The fourth-order valence-corrected chi connectivity index (χ4v) is 1.80. The lowest BCUT2D eigenvalue weighted by Gasteiger charge is -2.32. The van der Waals surface area contributed by atoms with Gasteiger partial charge < -0.3 is 0 Å². The largest absolute Gasteiger partial charge is 0.460 e. The topological polar surface area (TPSA) is 46.2 Å². The number of nitrogens with one attached hydrogen (secondary N) is 1. The maximum absolute atomic E-state index is 12.9. The zero-order valence-electron chi connectivity index (χ0n) is 9.41. The highest BCUT2D eigenvalue weighted by Crippen LogP contribution is 2.54. The monoisotopic (exact) mass is 340 g/mol. The molecule has 0 rings (SSSR count). The average Bonchev–Trinajstić information content (AvgIpc) is 2.24. The Morgan fingerprint density at radius 1 is 0.900 bits per heavy atom. The van der Waals surface area contributed by atoms with E-state index in [-0.39, 0.29) is 13.0 Å². The molecule has 0 aromatic carbocycles. The molecule has 0 amide bonds. The summed E-state index contributed by atoms with van der Waals surface area (Å²) in [6.45, 7) is 1.42. The second-order valence-corrected chi connectivity index (χ2v) is 5.15. The summed E-state index contributed by atoms with van der Waals surface area (Å²) in [7, 11) is -6.49. The summed E-state index contributed by atoms with van der Waals surface area (Å²) in [5.74, 6) is -14.4. The smallest absolute Gasteiger partial charge is 0.206 e. The number of alkyl halides is 9. The highest BCUT2D eigenvalue weighted by Gasteiger charge is 2.85. The molecule has 1 N–H and O–H groups in total. The first-order chi connectivity index (χ1) is 8.56. The quantitative estimate of drug-likeness (QED) is 0.756. The van der Waals surface area contributed by atoms with E-state index < -0.39 is 33.3 Å². The lowest BCUT2D eigenvalue weighted by atomic mass is 10.1. The number of hydrogen-bond acceptors (Lipinski definition) is 2. The average molecular weight is 340 g/mol. The number of rotatable bonds is 6. The fourth-order valence-electron chi connectivity index (χ4n) is 0.797. The Labute approximate surface area is 107 Å². The second-order valence-electron chi connectivity index (χ2n) is 3.40. The summed E-state index contributed by atoms with van der Waals surface area (Å²) in [5, 5.41) is -6.69. The molecule has 0 aromatic rings. The van der Waals surface area contributed by atoms with Crippen LogP contribution in [0.1, 0.15) is 13.3 Å². The lowest BCUT2D eigenvalue weighted by Crippen LogP contribution is -2.64. The molecule has 3 nitrogen and oxygen atoms in total. The Morgan fingerprint density at radius 3 is 1.60 bits per heavy atom. The Hall–Kier alpha value is -0.720. The molecule has 0 aromatic heterocycles. The van der Waals surface area contributed by atoms with E-state index in [9.17, 15) is 47.9 Å². The number of sulfonamides is 1. The van der Waals surface area contributed by atoms with Crippen LogP contribution in [-0.2, 0) is 10.0 Å². The third kappa shape index (κ3) is 2.82. The second kappa shape index (κ2) is 5.24. The van der Waals surface area contributed by atoms with E-state index in [2.05, 4.69) is 0 Å². The van der Waals surface area contributed by atoms with Gasteiger partial charge in [-0.3, -0.25) is 0 Å². The van der Waals surface area contributed by atoms with Crippen molar-refractivity contribution < 1.29 is 47.9 Å². The predicted octanol–water partition coefficient (Wildman–Crippen LogP) is 2.90. The van der Waals surface area contributed by atoms with Crippen LogP contribution in [-0.4, -0.2) is 31.7 Å². The van der Waals surface area contributed by atoms with Crippen molar-refractivity contribution in [3.8, 4) is 0 Å². The van der Waals surface area contributed by atoms with Crippen LogP contribution >= 0.6 is 0 Å². The Bertz CT molecular complexity index is 442. The molecule has 0 spiro atoms. The molecule has 13 heteroatoms. The maximum atomic E-state index is 12.9. The molecule has 0 saturated heterocycles. The highest BCUT2D eigenvalue weighted by molar-refractivity contribution is 7.90.